The van der Waals surface area contributed by atoms with Crippen molar-refractivity contribution in [3.8, 4) is 17.1 Å². The normalized spacial score (nSPS) is 14.8. The zero-order valence-electron chi connectivity index (χ0n) is 15.3. The molecule has 5 rings (SSSR count). The van der Waals surface area contributed by atoms with Gasteiger partial charge in [0.15, 0.2) is 0 Å². The maximum absolute atomic E-state index is 13.1. The summed E-state index contributed by atoms with van der Waals surface area (Å²) in [6.45, 7) is -3.07. The molecule has 0 amide bonds. The zero-order valence-corrected chi connectivity index (χ0v) is 15.3. The highest BCUT2D eigenvalue weighted by molar-refractivity contribution is 5.87. The van der Waals surface area contributed by atoms with Crippen molar-refractivity contribution in [2.75, 3.05) is 5.32 Å². The first kappa shape index (κ1) is 18.0. The van der Waals surface area contributed by atoms with E-state index in [1.54, 1.807) is 0 Å². The number of ether oxygens (including phenoxy) is 1. The molecule has 150 valence electrons. The van der Waals surface area contributed by atoms with Crippen LogP contribution in [0, 0.1) is 10.1 Å². The molecule has 9 heteroatoms. The zero-order chi connectivity index (χ0) is 20.8. The number of para-hydroxylation sites is 3. The van der Waals surface area contributed by atoms with Crippen LogP contribution in [0.2, 0.25) is 0 Å². The lowest BCUT2D eigenvalue weighted by atomic mass is 10.0. The number of nitrogens with one attached hydrogen (secondary N) is 1. The van der Waals surface area contributed by atoms with Gasteiger partial charge in [0.05, 0.1) is 16.0 Å². The van der Waals surface area contributed by atoms with Gasteiger partial charge in [-0.3, -0.25) is 14.7 Å². The Bertz CT molecular complexity index is 1290. The van der Waals surface area contributed by atoms with Crippen molar-refractivity contribution >= 4 is 22.4 Å². The summed E-state index contributed by atoms with van der Waals surface area (Å²) in [4.78, 5) is 15.5. The van der Waals surface area contributed by atoms with Crippen LogP contribution in [-0.2, 0) is 0 Å². The number of rotatable bonds is 4. The minimum Gasteiger partial charge on any atom is -0.434 e. The maximum Gasteiger partial charge on any atom is 0.387 e. The summed E-state index contributed by atoms with van der Waals surface area (Å²) >= 11 is 0. The van der Waals surface area contributed by atoms with E-state index in [0.717, 1.165) is 28.4 Å². The molecule has 1 aliphatic heterocycles. The first-order chi connectivity index (χ1) is 14.5. The van der Waals surface area contributed by atoms with Crippen LogP contribution in [0.25, 0.3) is 22.4 Å². The monoisotopic (exact) mass is 408 g/mol. The number of hydrogen-bond donors (Lipinski definition) is 1. The third kappa shape index (κ3) is 2.83. The molecule has 0 saturated heterocycles. The largest absolute Gasteiger partial charge is 0.434 e. The predicted octanol–water partition coefficient (Wildman–Crippen LogP) is 5.19. The van der Waals surface area contributed by atoms with Gasteiger partial charge in [0, 0.05) is 28.9 Å². The Morgan fingerprint density at radius 1 is 1.10 bits per heavy atom. The second-order valence-corrected chi connectivity index (χ2v) is 6.74. The third-order valence-electron chi connectivity index (χ3n) is 5.03. The number of non-ortho nitro benzene ring substituents is 1. The number of nitrogens with zero attached hydrogens (tertiary/aromatic N) is 3. The van der Waals surface area contributed by atoms with E-state index < -0.39 is 17.7 Å². The van der Waals surface area contributed by atoms with Gasteiger partial charge in [-0.1, -0.05) is 24.3 Å². The third-order valence-corrected chi connectivity index (χ3v) is 5.03. The van der Waals surface area contributed by atoms with Gasteiger partial charge >= 0.3 is 6.61 Å². The summed E-state index contributed by atoms with van der Waals surface area (Å²) in [5.41, 5.74) is 3.04. The SMILES string of the molecule is O=[N+]([O-])c1ccc(OC(F)F)c(C2Nc3ccccc3-c3nc4ccccc4n32)c1. The van der Waals surface area contributed by atoms with Crippen LogP contribution in [0.3, 0.4) is 0 Å². The molecule has 0 spiro atoms. The van der Waals surface area contributed by atoms with Gasteiger partial charge in [0.25, 0.3) is 5.69 Å². The fourth-order valence-electron chi connectivity index (χ4n) is 3.79. The van der Waals surface area contributed by atoms with Gasteiger partial charge in [-0.05, 0) is 30.3 Å². The lowest BCUT2D eigenvalue weighted by Gasteiger charge is -2.31. The Balaban J connectivity index is 1.79. The number of alkyl halides is 2. The molecule has 1 aliphatic rings. The molecule has 1 N–H and O–H groups in total. The number of anilines is 1. The van der Waals surface area contributed by atoms with Crippen LogP contribution in [-0.4, -0.2) is 21.1 Å². The number of aromatic nitrogens is 2. The van der Waals surface area contributed by atoms with Crippen molar-refractivity contribution in [3.05, 3.63) is 82.4 Å². The minimum absolute atomic E-state index is 0.142. The average Bonchev–Trinajstić information content (AvgIpc) is 3.13. The highest BCUT2D eigenvalue weighted by atomic mass is 19.3. The summed E-state index contributed by atoms with van der Waals surface area (Å²) in [6.07, 6.45) is -0.740. The second kappa shape index (κ2) is 6.80. The molecule has 4 aromatic rings. The van der Waals surface area contributed by atoms with Gasteiger partial charge in [0.1, 0.15) is 17.7 Å². The van der Waals surface area contributed by atoms with Gasteiger partial charge in [0.2, 0.25) is 0 Å². The fraction of sp³-hybridized carbons (Fsp3) is 0.0952. The first-order valence-electron chi connectivity index (χ1n) is 9.09. The van der Waals surface area contributed by atoms with Crippen LogP contribution >= 0.6 is 0 Å². The van der Waals surface area contributed by atoms with E-state index in [2.05, 4.69) is 5.32 Å². The number of fused-ring (bicyclic) bond motifs is 5. The van der Waals surface area contributed by atoms with Crippen molar-refractivity contribution in [1.29, 1.82) is 0 Å². The molecule has 0 bridgehead atoms. The Morgan fingerprint density at radius 2 is 1.87 bits per heavy atom. The van der Waals surface area contributed by atoms with Gasteiger partial charge < -0.3 is 10.1 Å². The van der Waals surface area contributed by atoms with Crippen molar-refractivity contribution < 1.29 is 18.4 Å². The lowest BCUT2D eigenvalue weighted by Crippen LogP contribution is -2.25. The molecule has 2 heterocycles. The smallest absolute Gasteiger partial charge is 0.387 e. The standard InChI is InChI=1S/C21H14F2N4O3/c22-21(23)30-18-10-9-12(27(28)29)11-14(18)20-24-15-6-2-1-5-13(15)19-25-16-7-3-4-8-17(16)26(19)20/h1-11,20-21,24H. The van der Waals surface area contributed by atoms with E-state index >= 15 is 0 Å². The van der Waals surface area contributed by atoms with Crippen molar-refractivity contribution in [2.45, 2.75) is 12.8 Å². The van der Waals surface area contributed by atoms with Crippen molar-refractivity contribution in [3.63, 3.8) is 0 Å². The molecule has 1 atom stereocenters. The number of halogens is 2. The van der Waals surface area contributed by atoms with Gasteiger partial charge in [-0.2, -0.15) is 8.78 Å². The highest BCUT2D eigenvalue weighted by Gasteiger charge is 2.31. The van der Waals surface area contributed by atoms with E-state index in [1.807, 2.05) is 53.1 Å². The molecule has 0 saturated carbocycles. The van der Waals surface area contributed by atoms with E-state index in [4.69, 9.17) is 9.72 Å². The van der Waals surface area contributed by atoms with Crippen LogP contribution in [0.15, 0.2) is 66.7 Å². The summed E-state index contributed by atoms with van der Waals surface area (Å²) in [7, 11) is 0. The number of imidazole rings is 1. The lowest BCUT2D eigenvalue weighted by molar-refractivity contribution is -0.385. The van der Waals surface area contributed by atoms with Crippen molar-refractivity contribution in [2.24, 2.45) is 0 Å². The molecule has 30 heavy (non-hydrogen) atoms. The summed E-state index contributed by atoms with van der Waals surface area (Å²) in [6, 6.07) is 18.5. The van der Waals surface area contributed by atoms with E-state index in [-0.39, 0.29) is 17.0 Å². The van der Waals surface area contributed by atoms with Crippen LogP contribution < -0.4 is 10.1 Å². The number of benzene rings is 3. The Labute approximate surface area is 168 Å². The second-order valence-electron chi connectivity index (χ2n) is 6.74. The molecule has 0 aliphatic carbocycles. The van der Waals surface area contributed by atoms with Crippen molar-refractivity contribution in [1.82, 2.24) is 9.55 Å². The number of nitro groups is 1. The van der Waals surface area contributed by atoms with Crippen LogP contribution in [0.4, 0.5) is 20.2 Å². The number of nitro benzene ring substituents is 1. The van der Waals surface area contributed by atoms with E-state index in [9.17, 15) is 18.9 Å². The molecular weight excluding hydrogens is 394 g/mol. The summed E-state index contributed by atoms with van der Waals surface area (Å²) < 4.78 is 32.7. The summed E-state index contributed by atoms with van der Waals surface area (Å²) in [5.74, 6) is 0.487. The molecule has 1 aromatic heterocycles. The van der Waals surface area contributed by atoms with Crippen LogP contribution in [0.1, 0.15) is 11.7 Å². The molecule has 0 radical (unpaired) electrons. The maximum atomic E-state index is 13.1. The Hall–Kier alpha value is -4.01. The predicted molar refractivity (Wildman–Crippen MR) is 107 cm³/mol. The average molecular weight is 408 g/mol. The molecular formula is C21H14F2N4O3. The van der Waals surface area contributed by atoms with Gasteiger partial charge in [-0.25, -0.2) is 4.98 Å². The van der Waals surface area contributed by atoms with Crippen LogP contribution in [0.5, 0.6) is 5.75 Å². The quantitative estimate of drug-likeness (QED) is 0.371. The molecule has 3 aromatic carbocycles. The van der Waals surface area contributed by atoms with E-state index in [0.29, 0.717) is 5.82 Å². The Kier molecular flexibility index (Phi) is 4.09. The molecule has 7 nitrogen and oxygen atoms in total. The summed E-state index contributed by atoms with van der Waals surface area (Å²) in [5, 5.41) is 14.7. The fourth-order valence-corrected chi connectivity index (χ4v) is 3.79. The Morgan fingerprint density at radius 3 is 2.67 bits per heavy atom. The first-order valence-corrected chi connectivity index (χ1v) is 9.09. The molecule has 1 unspecified atom stereocenters. The molecule has 0 fully saturated rings. The number of hydrogen-bond acceptors (Lipinski definition) is 5. The van der Waals surface area contributed by atoms with Gasteiger partial charge in [-0.15, -0.1) is 0 Å². The van der Waals surface area contributed by atoms with E-state index in [1.165, 1.54) is 12.1 Å². The highest BCUT2D eigenvalue weighted by Crippen LogP contribution is 2.43. The minimum atomic E-state index is -3.07. The topological polar surface area (TPSA) is 82.2 Å².